The van der Waals surface area contributed by atoms with Gasteiger partial charge in [0.25, 0.3) is 5.91 Å². The summed E-state index contributed by atoms with van der Waals surface area (Å²) in [5.41, 5.74) is 0.763. The minimum absolute atomic E-state index is 0.0991. The first kappa shape index (κ1) is 22.5. The van der Waals surface area contributed by atoms with Crippen LogP contribution in [-0.4, -0.2) is 41.4 Å². The van der Waals surface area contributed by atoms with Crippen LogP contribution in [0.15, 0.2) is 60.7 Å². The van der Waals surface area contributed by atoms with Crippen LogP contribution in [0, 0.1) is 0 Å². The molecule has 0 bridgehead atoms. The SMILES string of the molecule is CC[C@@H](C(=O)NC(C)(C)C)N(CCc1ccccc1)C(=O)COc1ccccc1. The molecule has 5 nitrogen and oxygen atoms in total. The molecule has 0 spiro atoms. The van der Waals surface area contributed by atoms with Gasteiger partial charge in [0.2, 0.25) is 5.91 Å². The molecule has 2 aromatic carbocycles. The molecule has 0 fully saturated rings. The van der Waals surface area contributed by atoms with Gasteiger partial charge in [-0.15, -0.1) is 0 Å². The molecule has 2 aromatic rings. The second kappa shape index (κ2) is 10.6. The van der Waals surface area contributed by atoms with E-state index in [0.29, 0.717) is 25.1 Å². The minimum atomic E-state index is -0.537. The Morgan fingerprint density at radius 2 is 1.59 bits per heavy atom. The Morgan fingerprint density at radius 3 is 2.14 bits per heavy atom. The third kappa shape index (κ3) is 7.60. The van der Waals surface area contributed by atoms with Crippen molar-refractivity contribution in [3.63, 3.8) is 0 Å². The van der Waals surface area contributed by atoms with Crippen molar-refractivity contribution in [2.45, 2.75) is 52.1 Å². The van der Waals surface area contributed by atoms with Gasteiger partial charge in [0.1, 0.15) is 11.8 Å². The van der Waals surface area contributed by atoms with Crippen LogP contribution in [-0.2, 0) is 16.0 Å². The number of carbonyl (C=O) groups is 2. The number of rotatable bonds is 9. The topological polar surface area (TPSA) is 58.6 Å². The molecule has 1 atom stereocenters. The maximum absolute atomic E-state index is 13.0. The minimum Gasteiger partial charge on any atom is -0.484 e. The van der Waals surface area contributed by atoms with E-state index in [-0.39, 0.29) is 24.0 Å². The van der Waals surface area contributed by atoms with Crippen LogP contribution >= 0.6 is 0 Å². The monoisotopic (exact) mass is 396 g/mol. The third-order valence-electron chi connectivity index (χ3n) is 4.47. The van der Waals surface area contributed by atoms with Gasteiger partial charge in [-0.25, -0.2) is 0 Å². The molecule has 0 saturated carbocycles. The van der Waals surface area contributed by atoms with E-state index >= 15 is 0 Å². The fourth-order valence-electron chi connectivity index (χ4n) is 3.09. The van der Waals surface area contributed by atoms with Crippen LogP contribution in [0.3, 0.4) is 0 Å². The van der Waals surface area contributed by atoms with E-state index in [1.807, 2.05) is 88.4 Å². The first-order valence-electron chi connectivity index (χ1n) is 10.1. The van der Waals surface area contributed by atoms with Crippen LogP contribution in [0.1, 0.15) is 39.7 Å². The Bertz CT molecular complexity index is 770. The van der Waals surface area contributed by atoms with Crippen LogP contribution < -0.4 is 10.1 Å². The highest BCUT2D eigenvalue weighted by Gasteiger charge is 2.30. The lowest BCUT2D eigenvalue weighted by Gasteiger charge is -2.33. The second-order valence-corrected chi connectivity index (χ2v) is 8.09. The van der Waals surface area contributed by atoms with Crippen molar-refractivity contribution in [3.8, 4) is 5.75 Å². The van der Waals surface area contributed by atoms with Crippen molar-refractivity contribution in [2.24, 2.45) is 0 Å². The Balaban J connectivity index is 2.13. The number of amides is 2. The van der Waals surface area contributed by atoms with Crippen molar-refractivity contribution in [1.82, 2.24) is 10.2 Å². The zero-order valence-electron chi connectivity index (χ0n) is 17.9. The number of nitrogens with zero attached hydrogens (tertiary/aromatic N) is 1. The molecule has 0 unspecified atom stereocenters. The highest BCUT2D eigenvalue weighted by atomic mass is 16.5. The summed E-state index contributed by atoms with van der Waals surface area (Å²) in [5, 5.41) is 3.00. The number of nitrogens with one attached hydrogen (secondary N) is 1. The normalized spacial score (nSPS) is 12.1. The van der Waals surface area contributed by atoms with Gasteiger partial charge in [0.15, 0.2) is 6.61 Å². The highest BCUT2D eigenvalue weighted by Crippen LogP contribution is 2.13. The van der Waals surface area contributed by atoms with Crippen LogP contribution in [0.2, 0.25) is 0 Å². The van der Waals surface area contributed by atoms with Crippen molar-refractivity contribution in [2.75, 3.05) is 13.2 Å². The van der Waals surface area contributed by atoms with Gasteiger partial charge in [-0.05, 0) is 51.3 Å². The number of ether oxygens (including phenoxy) is 1. The predicted molar refractivity (Wildman–Crippen MR) is 116 cm³/mol. The summed E-state index contributed by atoms with van der Waals surface area (Å²) in [6, 6.07) is 18.7. The fourth-order valence-corrected chi connectivity index (χ4v) is 3.09. The van der Waals surface area contributed by atoms with Gasteiger partial charge in [-0.2, -0.15) is 0 Å². The van der Waals surface area contributed by atoms with Gasteiger partial charge in [0.05, 0.1) is 0 Å². The molecule has 0 aliphatic heterocycles. The molecule has 0 heterocycles. The lowest BCUT2D eigenvalue weighted by Crippen LogP contribution is -2.54. The lowest BCUT2D eigenvalue weighted by molar-refractivity contribution is -0.142. The number of para-hydroxylation sites is 1. The van der Waals surface area contributed by atoms with Crippen molar-refractivity contribution >= 4 is 11.8 Å². The maximum Gasteiger partial charge on any atom is 0.261 e. The Labute approximate surface area is 174 Å². The number of hydrogen-bond acceptors (Lipinski definition) is 3. The summed E-state index contributed by atoms with van der Waals surface area (Å²) in [4.78, 5) is 27.6. The van der Waals surface area contributed by atoms with Crippen LogP contribution in [0.4, 0.5) is 0 Å². The van der Waals surface area contributed by atoms with E-state index in [1.165, 1.54) is 0 Å². The van der Waals surface area contributed by atoms with Crippen LogP contribution in [0.25, 0.3) is 0 Å². The van der Waals surface area contributed by atoms with E-state index < -0.39 is 6.04 Å². The molecule has 29 heavy (non-hydrogen) atoms. The van der Waals surface area contributed by atoms with Crippen molar-refractivity contribution in [1.29, 1.82) is 0 Å². The summed E-state index contributed by atoms with van der Waals surface area (Å²) >= 11 is 0. The summed E-state index contributed by atoms with van der Waals surface area (Å²) in [7, 11) is 0. The Kier molecular flexibility index (Phi) is 8.25. The average Bonchev–Trinajstić information content (AvgIpc) is 2.69. The number of hydrogen-bond donors (Lipinski definition) is 1. The van der Waals surface area contributed by atoms with Gasteiger partial charge in [0, 0.05) is 12.1 Å². The van der Waals surface area contributed by atoms with E-state index in [4.69, 9.17) is 4.74 Å². The molecule has 5 heteroatoms. The molecule has 0 aromatic heterocycles. The predicted octanol–water partition coefficient (Wildman–Crippen LogP) is 3.83. The molecular formula is C24H32N2O3. The Morgan fingerprint density at radius 1 is 1.00 bits per heavy atom. The van der Waals surface area contributed by atoms with Crippen molar-refractivity contribution < 1.29 is 14.3 Å². The third-order valence-corrected chi connectivity index (χ3v) is 4.47. The summed E-state index contributed by atoms with van der Waals surface area (Å²) < 4.78 is 5.65. The molecule has 2 amide bonds. The summed E-state index contributed by atoms with van der Waals surface area (Å²) in [6.45, 7) is 8.09. The maximum atomic E-state index is 13.0. The molecule has 1 N–H and O–H groups in total. The first-order valence-corrected chi connectivity index (χ1v) is 10.1. The zero-order chi connectivity index (χ0) is 21.3. The largest absolute Gasteiger partial charge is 0.484 e. The highest BCUT2D eigenvalue weighted by molar-refractivity contribution is 5.88. The van der Waals surface area contributed by atoms with Crippen LogP contribution in [0.5, 0.6) is 5.75 Å². The Hall–Kier alpha value is -2.82. The van der Waals surface area contributed by atoms with Gasteiger partial charge < -0.3 is 15.0 Å². The van der Waals surface area contributed by atoms with Gasteiger partial charge in [-0.1, -0.05) is 55.5 Å². The number of carbonyl (C=O) groups excluding carboxylic acids is 2. The lowest BCUT2D eigenvalue weighted by atomic mass is 10.1. The molecular weight excluding hydrogens is 364 g/mol. The van der Waals surface area contributed by atoms with E-state index in [9.17, 15) is 9.59 Å². The summed E-state index contributed by atoms with van der Waals surface area (Å²) in [5.74, 6) is 0.304. The first-order chi connectivity index (χ1) is 13.8. The molecule has 2 rings (SSSR count). The average molecular weight is 397 g/mol. The fraction of sp³-hybridized carbons (Fsp3) is 0.417. The standard InChI is InChI=1S/C24H32N2O3/c1-5-21(23(28)25-24(2,3)4)26(17-16-19-12-8-6-9-13-19)22(27)18-29-20-14-10-7-11-15-20/h6-15,21H,5,16-18H2,1-4H3,(H,25,28)/t21-/m0/s1. The summed E-state index contributed by atoms with van der Waals surface area (Å²) in [6.07, 6.45) is 1.21. The molecule has 0 aliphatic carbocycles. The quantitative estimate of drug-likeness (QED) is 0.701. The van der Waals surface area contributed by atoms with Crippen molar-refractivity contribution in [3.05, 3.63) is 66.2 Å². The van der Waals surface area contributed by atoms with Gasteiger partial charge in [-0.3, -0.25) is 9.59 Å². The molecule has 0 radical (unpaired) electrons. The number of benzene rings is 2. The molecule has 0 saturated heterocycles. The zero-order valence-corrected chi connectivity index (χ0v) is 17.9. The molecule has 156 valence electrons. The smallest absolute Gasteiger partial charge is 0.261 e. The van der Waals surface area contributed by atoms with E-state index in [2.05, 4.69) is 5.32 Å². The van der Waals surface area contributed by atoms with Gasteiger partial charge >= 0.3 is 0 Å². The van der Waals surface area contributed by atoms with E-state index in [0.717, 1.165) is 5.56 Å². The second-order valence-electron chi connectivity index (χ2n) is 8.09. The molecule has 0 aliphatic rings. The van der Waals surface area contributed by atoms with E-state index in [1.54, 1.807) is 4.90 Å².